The Kier molecular flexibility index (Phi) is 8.05. The highest BCUT2D eigenvalue weighted by molar-refractivity contribution is 6.29. The fraction of sp³-hybridized carbons (Fsp3) is 0. The van der Waals surface area contributed by atoms with Gasteiger partial charge in [0.2, 0.25) is 0 Å². The average Bonchev–Trinajstić information content (AvgIpc) is 3.39. The number of hydrogen-bond acceptors (Lipinski definition) is 1. The summed E-state index contributed by atoms with van der Waals surface area (Å²) in [6, 6.07) is 85.7. The van der Waals surface area contributed by atoms with Crippen LogP contribution in [0.2, 0.25) is 0 Å². The molecule has 1 heterocycles. The Balaban J connectivity index is 1.03. The fourth-order valence-corrected chi connectivity index (χ4v) is 11.2. The van der Waals surface area contributed by atoms with Crippen LogP contribution in [0.4, 0.5) is 0 Å². The van der Waals surface area contributed by atoms with E-state index in [1.54, 1.807) is 0 Å². The molecule has 66 heavy (non-hydrogen) atoms. The van der Waals surface area contributed by atoms with E-state index in [9.17, 15) is 0 Å². The summed E-state index contributed by atoms with van der Waals surface area (Å²) in [5, 5.41) is 21.1. The van der Waals surface area contributed by atoms with Crippen molar-refractivity contribution in [1.29, 1.82) is 0 Å². The first-order valence-electron chi connectivity index (χ1n) is 22.8. The Morgan fingerprint density at radius 2 is 0.682 bits per heavy atom. The van der Waals surface area contributed by atoms with Crippen LogP contribution in [0, 0.1) is 0 Å². The molecule has 0 amide bonds. The van der Waals surface area contributed by atoms with Gasteiger partial charge in [-0.1, -0.05) is 194 Å². The Morgan fingerprint density at radius 3 is 1.35 bits per heavy atom. The summed E-state index contributed by atoms with van der Waals surface area (Å²) in [5.74, 6) is 0. The molecule has 0 fully saturated rings. The van der Waals surface area contributed by atoms with Crippen LogP contribution in [-0.2, 0) is 0 Å². The largest absolute Gasteiger partial charge is 0.256 e. The van der Waals surface area contributed by atoms with Crippen molar-refractivity contribution < 1.29 is 0 Å². The third-order valence-electron chi connectivity index (χ3n) is 14.2. The van der Waals surface area contributed by atoms with Gasteiger partial charge in [0, 0.05) is 17.0 Å². The van der Waals surface area contributed by atoms with Gasteiger partial charge >= 0.3 is 0 Å². The van der Waals surface area contributed by atoms with E-state index < -0.39 is 0 Å². The molecule has 0 N–H and O–H groups in total. The van der Waals surface area contributed by atoms with E-state index in [1.165, 1.54) is 131 Å². The molecule has 1 nitrogen and oxygen atoms in total. The van der Waals surface area contributed by atoms with Crippen molar-refractivity contribution in [2.45, 2.75) is 0 Å². The predicted molar refractivity (Wildman–Crippen MR) is 284 cm³/mol. The Hall–Kier alpha value is -8.65. The van der Waals surface area contributed by atoms with Crippen LogP contribution in [0.15, 0.2) is 237 Å². The van der Waals surface area contributed by atoms with E-state index in [0.717, 1.165) is 10.9 Å². The van der Waals surface area contributed by atoms with Gasteiger partial charge < -0.3 is 0 Å². The summed E-state index contributed by atoms with van der Waals surface area (Å²) in [4.78, 5) is 4.84. The molecule has 1 aromatic heterocycles. The molecule has 0 aliphatic rings. The van der Waals surface area contributed by atoms with Crippen LogP contribution in [-0.4, -0.2) is 4.98 Å². The fourth-order valence-electron chi connectivity index (χ4n) is 11.2. The van der Waals surface area contributed by atoms with Gasteiger partial charge in [-0.05, 0) is 162 Å². The number of nitrogens with zero attached hydrogens (tertiary/aromatic N) is 1. The first kappa shape index (κ1) is 36.8. The van der Waals surface area contributed by atoms with Gasteiger partial charge in [-0.3, -0.25) is 4.98 Å². The molecule has 0 aliphatic carbocycles. The summed E-state index contributed by atoms with van der Waals surface area (Å²) in [6.45, 7) is 0. The molecule has 14 aromatic rings. The van der Waals surface area contributed by atoms with E-state index in [-0.39, 0.29) is 0 Å². The highest BCUT2D eigenvalue weighted by Crippen LogP contribution is 2.49. The molecule has 0 radical (unpaired) electrons. The zero-order valence-electron chi connectivity index (χ0n) is 36.0. The SMILES string of the molecule is c1ccc2c(c1)cc(-c1c3ccccc3c(-c3cc4ccccc4c4ccccc34)c3cc(-c4ccc5cc(-c6cccc7ccc8cccnc8c67)ccc5c4)ccc13)c1ccccc12. The summed E-state index contributed by atoms with van der Waals surface area (Å²) in [7, 11) is 0. The lowest BCUT2D eigenvalue weighted by Crippen LogP contribution is -1.94. The molecule has 0 atom stereocenters. The lowest BCUT2D eigenvalue weighted by atomic mass is 9.81. The third kappa shape index (κ3) is 5.57. The zero-order chi connectivity index (χ0) is 43.3. The van der Waals surface area contributed by atoms with Crippen molar-refractivity contribution in [3.05, 3.63) is 237 Å². The zero-order valence-corrected chi connectivity index (χ0v) is 36.0. The molecular weight excluding hydrogens is 795 g/mol. The minimum Gasteiger partial charge on any atom is -0.256 e. The smallest absolute Gasteiger partial charge is 0.0786 e. The van der Waals surface area contributed by atoms with E-state index in [2.05, 4.69) is 224 Å². The van der Waals surface area contributed by atoms with Crippen LogP contribution in [0.25, 0.3) is 142 Å². The van der Waals surface area contributed by atoms with Gasteiger partial charge in [-0.15, -0.1) is 0 Å². The van der Waals surface area contributed by atoms with Gasteiger partial charge in [0.1, 0.15) is 0 Å². The maximum absolute atomic E-state index is 4.84. The van der Waals surface area contributed by atoms with Crippen molar-refractivity contribution in [1.82, 2.24) is 4.98 Å². The van der Waals surface area contributed by atoms with Gasteiger partial charge in [0.25, 0.3) is 0 Å². The number of rotatable bonds is 4. The maximum Gasteiger partial charge on any atom is 0.0786 e. The molecule has 0 spiro atoms. The lowest BCUT2D eigenvalue weighted by Gasteiger charge is -2.21. The molecule has 304 valence electrons. The standard InChI is InChI=1S/C65H39N/c1-3-17-49-46(13-1)38-59(54-21-7-5-19-52(49)54)63-56-23-9-10-24-57(56)64(60-39-47-14-2-4-18-50(47)53-20-6-8-22-55(53)60)61-37-45(32-33-58(61)63)43-28-29-44-36-48(31-30-42(44)35-43)51-25-11-15-40-26-27-41-16-12-34-66-65(41)62(40)51/h1-39H. The highest BCUT2D eigenvalue weighted by atomic mass is 14.6. The van der Waals surface area contributed by atoms with Crippen LogP contribution in [0.1, 0.15) is 0 Å². The van der Waals surface area contributed by atoms with Crippen molar-refractivity contribution >= 4 is 97.1 Å². The molecule has 13 aromatic carbocycles. The molecular formula is C65H39N. The van der Waals surface area contributed by atoms with Gasteiger partial charge in [-0.2, -0.15) is 0 Å². The molecule has 0 aliphatic heterocycles. The third-order valence-corrected chi connectivity index (χ3v) is 14.2. The Labute approximate surface area is 381 Å². The predicted octanol–water partition coefficient (Wildman–Crippen LogP) is 18.1. The van der Waals surface area contributed by atoms with Crippen LogP contribution >= 0.6 is 0 Å². The minimum absolute atomic E-state index is 1.04. The van der Waals surface area contributed by atoms with E-state index >= 15 is 0 Å². The molecule has 0 bridgehead atoms. The topological polar surface area (TPSA) is 12.9 Å². The monoisotopic (exact) mass is 833 g/mol. The minimum atomic E-state index is 1.04. The number of fused-ring (bicyclic) bond motifs is 12. The first-order chi connectivity index (χ1) is 32.7. The van der Waals surface area contributed by atoms with E-state index in [0.29, 0.717) is 0 Å². The normalized spacial score (nSPS) is 11.9. The Bertz CT molecular complexity index is 4350. The second kappa shape index (κ2) is 14.4. The second-order valence-corrected chi connectivity index (χ2v) is 17.8. The highest BCUT2D eigenvalue weighted by Gasteiger charge is 2.22. The van der Waals surface area contributed by atoms with Crippen molar-refractivity contribution in [2.24, 2.45) is 0 Å². The van der Waals surface area contributed by atoms with Crippen molar-refractivity contribution in [3.8, 4) is 44.5 Å². The summed E-state index contributed by atoms with van der Waals surface area (Å²) in [6.07, 6.45) is 1.90. The lowest BCUT2D eigenvalue weighted by molar-refractivity contribution is 1.43. The quantitative estimate of drug-likeness (QED) is 0.127. The second-order valence-electron chi connectivity index (χ2n) is 17.8. The molecule has 1 heteroatoms. The van der Waals surface area contributed by atoms with Crippen LogP contribution < -0.4 is 0 Å². The van der Waals surface area contributed by atoms with Crippen LogP contribution in [0.5, 0.6) is 0 Å². The van der Waals surface area contributed by atoms with Crippen molar-refractivity contribution in [3.63, 3.8) is 0 Å². The van der Waals surface area contributed by atoms with E-state index in [1.807, 2.05) is 12.3 Å². The molecule has 14 rings (SSSR count). The number of aromatic nitrogens is 1. The number of hydrogen-bond donors (Lipinski definition) is 0. The molecule has 0 unspecified atom stereocenters. The van der Waals surface area contributed by atoms with Gasteiger partial charge in [-0.25, -0.2) is 0 Å². The summed E-state index contributed by atoms with van der Waals surface area (Å²) < 4.78 is 0. The molecule has 0 saturated heterocycles. The molecule has 0 saturated carbocycles. The van der Waals surface area contributed by atoms with Crippen LogP contribution in [0.3, 0.4) is 0 Å². The average molecular weight is 834 g/mol. The first-order valence-corrected chi connectivity index (χ1v) is 22.8. The van der Waals surface area contributed by atoms with Crippen molar-refractivity contribution in [2.75, 3.05) is 0 Å². The summed E-state index contributed by atoms with van der Waals surface area (Å²) in [5.41, 5.74) is 10.9. The van der Waals surface area contributed by atoms with Gasteiger partial charge in [0.15, 0.2) is 0 Å². The maximum atomic E-state index is 4.84. The van der Waals surface area contributed by atoms with Gasteiger partial charge in [0.05, 0.1) is 5.52 Å². The van der Waals surface area contributed by atoms with E-state index in [4.69, 9.17) is 4.98 Å². The number of benzene rings is 13. The Morgan fingerprint density at radius 1 is 0.227 bits per heavy atom. The number of pyridine rings is 1. The summed E-state index contributed by atoms with van der Waals surface area (Å²) >= 11 is 0.